The van der Waals surface area contributed by atoms with E-state index in [1.165, 1.54) is 6.92 Å². The van der Waals surface area contributed by atoms with Crippen LogP contribution in [0, 0.1) is 6.92 Å². The first-order valence-corrected chi connectivity index (χ1v) is 6.88. The normalized spacial score (nSPS) is 12.0. The molecule has 110 valence electrons. The van der Waals surface area contributed by atoms with Crippen molar-refractivity contribution in [2.24, 2.45) is 0 Å². The van der Waals surface area contributed by atoms with Crippen LogP contribution in [0.1, 0.15) is 42.4 Å². The SMILES string of the molecule is CC(=O)c1cccc(NC(=O)CC(C)n2ccc(C)n2)c1. The van der Waals surface area contributed by atoms with Crippen LogP contribution in [0.3, 0.4) is 0 Å². The molecule has 0 bridgehead atoms. The molecular weight excluding hydrogens is 266 g/mol. The van der Waals surface area contributed by atoms with Crippen molar-refractivity contribution >= 4 is 17.4 Å². The van der Waals surface area contributed by atoms with Gasteiger partial charge in [0.25, 0.3) is 0 Å². The highest BCUT2D eigenvalue weighted by atomic mass is 16.1. The van der Waals surface area contributed by atoms with Crippen LogP contribution < -0.4 is 5.32 Å². The fraction of sp³-hybridized carbons (Fsp3) is 0.312. The summed E-state index contributed by atoms with van der Waals surface area (Å²) in [5, 5.41) is 7.11. The number of rotatable bonds is 5. The van der Waals surface area contributed by atoms with Gasteiger partial charge in [0, 0.05) is 23.9 Å². The number of amides is 1. The Hall–Kier alpha value is -2.43. The van der Waals surface area contributed by atoms with E-state index >= 15 is 0 Å². The summed E-state index contributed by atoms with van der Waals surface area (Å²) in [6.07, 6.45) is 2.19. The molecule has 2 rings (SSSR count). The van der Waals surface area contributed by atoms with Crippen LogP contribution in [-0.4, -0.2) is 21.5 Å². The van der Waals surface area contributed by atoms with E-state index in [9.17, 15) is 9.59 Å². The number of benzene rings is 1. The largest absolute Gasteiger partial charge is 0.326 e. The van der Waals surface area contributed by atoms with Crippen LogP contribution in [0.4, 0.5) is 5.69 Å². The van der Waals surface area contributed by atoms with Crippen molar-refractivity contribution in [3.8, 4) is 0 Å². The summed E-state index contributed by atoms with van der Waals surface area (Å²) < 4.78 is 1.78. The minimum Gasteiger partial charge on any atom is -0.326 e. The van der Waals surface area contributed by atoms with E-state index in [-0.39, 0.29) is 17.7 Å². The molecule has 0 aliphatic heterocycles. The quantitative estimate of drug-likeness (QED) is 0.859. The fourth-order valence-electron chi connectivity index (χ4n) is 2.07. The second kappa shape index (κ2) is 6.35. The van der Waals surface area contributed by atoms with E-state index in [4.69, 9.17) is 0 Å². The molecule has 1 heterocycles. The number of Topliss-reactive ketones (excluding diaryl/α,β-unsaturated/α-hetero) is 1. The molecule has 0 radical (unpaired) electrons. The van der Waals surface area contributed by atoms with Crippen LogP contribution in [-0.2, 0) is 4.79 Å². The maximum atomic E-state index is 12.0. The predicted molar refractivity (Wildman–Crippen MR) is 81.4 cm³/mol. The molecule has 0 fully saturated rings. The number of hydrogen-bond donors (Lipinski definition) is 1. The Morgan fingerprint density at radius 2 is 2.10 bits per heavy atom. The Morgan fingerprint density at radius 3 is 2.71 bits per heavy atom. The topological polar surface area (TPSA) is 64.0 Å². The number of nitrogens with one attached hydrogen (secondary N) is 1. The van der Waals surface area contributed by atoms with Gasteiger partial charge in [0.2, 0.25) is 5.91 Å². The molecular formula is C16H19N3O2. The monoisotopic (exact) mass is 285 g/mol. The Kier molecular flexibility index (Phi) is 4.52. The number of carbonyl (C=O) groups excluding carboxylic acids is 2. The molecule has 0 spiro atoms. The van der Waals surface area contributed by atoms with Gasteiger partial charge in [0.1, 0.15) is 0 Å². The van der Waals surface area contributed by atoms with Gasteiger partial charge in [-0.2, -0.15) is 5.10 Å². The first-order chi connectivity index (χ1) is 9.95. The van der Waals surface area contributed by atoms with Gasteiger partial charge in [-0.15, -0.1) is 0 Å². The van der Waals surface area contributed by atoms with Crippen LogP contribution in [0.15, 0.2) is 36.5 Å². The van der Waals surface area contributed by atoms with E-state index in [0.717, 1.165) is 5.69 Å². The molecule has 1 atom stereocenters. The minimum atomic E-state index is -0.101. The summed E-state index contributed by atoms with van der Waals surface area (Å²) in [5.41, 5.74) is 2.15. The molecule has 1 amide bonds. The summed E-state index contributed by atoms with van der Waals surface area (Å²) in [6.45, 7) is 5.36. The molecule has 2 aromatic rings. The van der Waals surface area contributed by atoms with Gasteiger partial charge in [0.15, 0.2) is 5.78 Å². The maximum Gasteiger partial charge on any atom is 0.226 e. The molecule has 0 aliphatic carbocycles. The lowest BCUT2D eigenvalue weighted by Gasteiger charge is -2.12. The lowest BCUT2D eigenvalue weighted by Crippen LogP contribution is -2.18. The number of ketones is 1. The number of aromatic nitrogens is 2. The van der Waals surface area contributed by atoms with Crippen molar-refractivity contribution in [1.82, 2.24) is 9.78 Å². The van der Waals surface area contributed by atoms with Crippen molar-refractivity contribution < 1.29 is 9.59 Å². The number of aryl methyl sites for hydroxylation is 1. The molecule has 21 heavy (non-hydrogen) atoms. The Bertz CT molecular complexity index is 661. The maximum absolute atomic E-state index is 12.0. The average molecular weight is 285 g/mol. The molecule has 0 saturated carbocycles. The van der Waals surface area contributed by atoms with Crippen LogP contribution in [0.2, 0.25) is 0 Å². The fourth-order valence-corrected chi connectivity index (χ4v) is 2.07. The minimum absolute atomic E-state index is 0.0188. The van der Waals surface area contributed by atoms with E-state index in [0.29, 0.717) is 17.7 Å². The second-order valence-corrected chi connectivity index (χ2v) is 5.18. The molecule has 5 nitrogen and oxygen atoms in total. The van der Waals surface area contributed by atoms with Gasteiger partial charge in [-0.05, 0) is 39.0 Å². The van der Waals surface area contributed by atoms with Crippen molar-refractivity contribution in [2.45, 2.75) is 33.2 Å². The van der Waals surface area contributed by atoms with Gasteiger partial charge >= 0.3 is 0 Å². The molecule has 0 saturated heterocycles. The zero-order chi connectivity index (χ0) is 15.4. The molecule has 1 aromatic heterocycles. The number of hydrogen-bond acceptors (Lipinski definition) is 3. The number of nitrogens with zero attached hydrogens (tertiary/aromatic N) is 2. The van der Waals surface area contributed by atoms with Crippen LogP contribution >= 0.6 is 0 Å². The number of anilines is 1. The van der Waals surface area contributed by atoms with Crippen molar-refractivity contribution in [2.75, 3.05) is 5.32 Å². The van der Waals surface area contributed by atoms with Crippen molar-refractivity contribution in [1.29, 1.82) is 0 Å². The van der Waals surface area contributed by atoms with Crippen molar-refractivity contribution in [3.05, 3.63) is 47.8 Å². The highest BCUT2D eigenvalue weighted by Crippen LogP contribution is 2.14. The van der Waals surface area contributed by atoms with E-state index < -0.39 is 0 Å². The number of carbonyl (C=O) groups is 2. The van der Waals surface area contributed by atoms with Gasteiger partial charge in [-0.3, -0.25) is 14.3 Å². The Balaban J connectivity index is 1.98. The van der Waals surface area contributed by atoms with Gasteiger partial charge in [0.05, 0.1) is 11.7 Å². The van der Waals surface area contributed by atoms with E-state index in [2.05, 4.69) is 10.4 Å². The lowest BCUT2D eigenvalue weighted by atomic mass is 10.1. The Morgan fingerprint density at radius 1 is 1.33 bits per heavy atom. The van der Waals surface area contributed by atoms with Crippen LogP contribution in [0.25, 0.3) is 0 Å². The predicted octanol–water partition coefficient (Wildman–Crippen LogP) is 2.98. The summed E-state index contributed by atoms with van der Waals surface area (Å²) in [4.78, 5) is 23.4. The van der Waals surface area contributed by atoms with Crippen LogP contribution in [0.5, 0.6) is 0 Å². The third-order valence-corrected chi connectivity index (χ3v) is 3.23. The van der Waals surface area contributed by atoms with E-state index in [1.807, 2.05) is 26.1 Å². The van der Waals surface area contributed by atoms with Gasteiger partial charge < -0.3 is 5.32 Å². The third-order valence-electron chi connectivity index (χ3n) is 3.23. The molecule has 1 N–H and O–H groups in total. The molecule has 0 aliphatic rings. The third kappa shape index (κ3) is 4.02. The summed E-state index contributed by atoms with van der Waals surface area (Å²) in [6, 6.07) is 8.83. The second-order valence-electron chi connectivity index (χ2n) is 5.18. The molecule has 1 unspecified atom stereocenters. The summed E-state index contributed by atoms with van der Waals surface area (Å²) in [7, 11) is 0. The summed E-state index contributed by atoms with van der Waals surface area (Å²) >= 11 is 0. The standard InChI is InChI=1S/C16H19N3O2/c1-11-7-8-19(18-11)12(2)9-16(21)17-15-6-4-5-14(10-15)13(3)20/h4-8,10,12H,9H2,1-3H3,(H,17,21). The zero-order valence-corrected chi connectivity index (χ0v) is 12.5. The van der Waals surface area contributed by atoms with Crippen molar-refractivity contribution in [3.63, 3.8) is 0 Å². The van der Waals surface area contributed by atoms with E-state index in [1.54, 1.807) is 28.9 Å². The lowest BCUT2D eigenvalue weighted by molar-refractivity contribution is -0.116. The Labute approximate surface area is 124 Å². The zero-order valence-electron chi connectivity index (χ0n) is 12.5. The first kappa shape index (κ1) is 15.0. The summed E-state index contributed by atoms with van der Waals surface area (Å²) in [5.74, 6) is -0.122. The average Bonchev–Trinajstić information content (AvgIpc) is 2.85. The first-order valence-electron chi connectivity index (χ1n) is 6.88. The highest BCUT2D eigenvalue weighted by Gasteiger charge is 2.12. The molecule has 1 aromatic carbocycles. The van der Waals surface area contributed by atoms with Gasteiger partial charge in [-0.1, -0.05) is 12.1 Å². The van der Waals surface area contributed by atoms with Gasteiger partial charge in [-0.25, -0.2) is 0 Å². The smallest absolute Gasteiger partial charge is 0.226 e. The highest BCUT2D eigenvalue weighted by molar-refractivity contribution is 5.97. The molecule has 5 heteroatoms.